The summed E-state index contributed by atoms with van der Waals surface area (Å²) in [6.45, 7) is 6.08. The van der Waals surface area contributed by atoms with Gasteiger partial charge in [0.15, 0.2) is 36.5 Å². The third kappa shape index (κ3) is 54.5. The molecule has 1 aromatic rings. The number of imide groups is 2. The quantitative estimate of drug-likeness (QED) is 0.0276. The molecule has 7 saturated heterocycles. The molecule has 0 bridgehead atoms. The molecule has 7 aliphatic heterocycles. The standard InChI is InChI=1S/C13H16O9.C11H16N2O7.C9H16O6.C7H12O7.C6H8N2O3.C5H10O5.C4H9NO2.I11.I10.I9.Na/c1-5(14)19-8-4-18-10-11(9(8)20-6(2)15)22-13(17)12(10)21-7(3)16;1-12-9(17)5(10(18)13(2)11(12)19)8-7(16)6(15)4(14)3-20-8;1-2-4(10)7(13)9-8(14)6(12)5(11)3-15-9;8-2-1-14-6(4(10)3(2)9)5(11)7(12)13;1-7-4(9)3-5(10)8(2)6(7)11;6-2-1-10-5(9)4(8)3(2)7;1-2-7-4(6)3-5;1-7-9(4)11(6)10(5)8(2)3;1-7(2)9(5)10(6)8(3)4;1-6-8(4)9(5)7(2)3;/h8-12H,4H2,1-3H3;4,6-8,14-17H,3H2,1-2H3;5-9,11-14H,2-3H2,1H3;2-6,8-11H,1H2,(H,12,13);3H2,1-2H3;2-9H,1H2;2-3,5H2,1H3;;;;/q;;;;;;;-1;;-1;+1/p-1/t8-,9+,10?,11-,12?;4-,6+,7-,8?;5-,6+,7?,8-,9?;2-,3+,4-,5?,6?;;2-,3+,4-,5?;;;;;/m1111.1...../s1. The van der Waals surface area contributed by atoms with Crippen molar-refractivity contribution in [3.63, 3.8) is 0 Å². The van der Waals surface area contributed by atoms with E-state index < -0.39 is 217 Å². The summed E-state index contributed by atoms with van der Waals surface area (Å²) in [6.07, 6.45) is -30.8. The molecule has 0 saturated carbocycles. The summed E-state index contributed by atoms with van der Waals surface area (Å²) in [6, 6.07) is -0.564. The maximum atomic E-state index is 12.0. The zero-order chi connectivity index (χ0) is 101. The van der Waals surface area contributed by atoms with E-state index in [1.807, 2.05) is 0 Å². The molecule has 4 amide bonds. The first-order valence-electron chi connectivity index (χ1n) is 33.5. The molecule has 44 nitrogen and oxygen atoms in total. The minimum Gasteiger partial charge on any atom is -0.479 e. The number of halogens is 30. The van der Waals surface area contributed by atoms with Gasteiger partial charge in [-0.3, -0.25) is 52.7 Å². The number of carbonyl (C=O) groups is 10. The Hall–Kier alpha value is 15.6. The number of aromatic nitrogens is 2. The van der Waals surface area contributed by atoms with Crippen LogP contribution < -0.4 is 78.2 Å². The summed E-state index contributed by atoms with van der Waals surface area (Å²) in [5.41, 5.74) is 2.74. The van der Waals surface area contributed by atoms with Crippen LogP contribution in [-0.2, 0) is 105 Å². The van der Waals surface area contributed by atoms with E-state index in [4.69, 9.17) is 89.6 Å². The Morgan fingerprint density at radius 2 is 0.892 bits per heavy atom. The van der Waals surface area contributed by atoms with Gasteiger partial charge in [-0.1, -0.05) is 6.92 Å². The summed E-state index contributed by atoms with van der Waals surface area (Å²) < 4.78 is 50.6. The zero-order valence-corrected chi connectivity index (χ0v) is 134. The van der Waals surface area contributed by atoms with Crippen LogP contribution in [0, 0.1) is 0 Å². The van der Waals surface area contributed by atoms with Crippen LogP contribution in [0.15, 0.2) is 9.59 Å². The van der Waals surface area contributed by atoms with E-state index in [2.05, 4.69) is 326 Å². The molecule has 75 heteroatoms. The van der Waals surface area contributed by atoms with Crippen molar-refractivity contribution in [3.05, 3.63) is 26.4 Å². The van der Waals surface area contributed by atoms with Crippen molar-refractivity contribution in [2.24, 2.45) is 19.8 Å². The van der Waals surface area contributed by atoms with Gasteiger partial charge < -0.3 is 144 Å². The number of ketones is 1. The van der Waals surface area contributed by atoms with Crippen LogP contribution in [0.5, 0.6) is 5.88 Å². The van der Waals surface area contributed by atoms with Crippen LogP contribution in [0.4, 0.5) is 4.79 Å². The second kappa shape index (κ2) is 80.4. The average molecular weight is 5270 g/mol. The van der Waals surface area contributed by atoms with Gasteiger partial charge in [0, 0.05) is 55.4 Å². The summed E-state index contributed by atoms with van der Waals surface area (Å²) in [5, 5.41) is 158. The molecule has 0 spiro atoms. The van der Waals surface area contributed by atoms with Gasteiger partial charge in [-0.15, -0.1) is 0 Å². The van der Waals surface area contributed by atoms with Crippen molar-refractivity contribution in [1.29, 1.82) is 0 Å². The van der Waals surface area contributed by atoms with Gasteiger partial charge in [-0.25, -0.2) is 19.2 Å². The molecular formula is C55H86I30N5NaO39-2. The number of esters is 5. The van der Waals surface area contributed by atoms with Crippen molar-refractivity contribution in [2.45, 2.75) is 188 Å². The normalized spacial score (nSPS) is 28.8. The van der Waals surface area contributed by atoms with E-state index in [0.29, 0.717) is 42.3 Å². The number of nitrogens with zero attached hydrogens (tertiary/aromatic N) is 4. The fourth-order valence-corrected chi connectivity index (χ4v) is 2520. The first kappa shape index (κ1) is 150. The molecular weight excluding hydrogens is 5180 g/mol. The summed E-state index contributed by atoms with van der Waals surface area (Å²) >= 11 is 49.2. The molecule has 18 N–H and O–H groups in total. The number of carbonyl (C=O) groups excluding carboxylic acids is 9. The Morgan fingerprint density at radius 3 is 1.25 bits per heavy atom. The van der Waals surface area contributed by atoms with Crippen LogP contribution in [0.2, 0.25) is 0 Å². The molecule has 0 aliphatic carbocycles. The topological polar surface area (TPSA) is 686 Å². The first-order chi connectivity index (χ1) is 59.5. The van der Waals surface area contributed by atoms with Crippen LogP contribution in [0.3, 0.4) is 0 Å². The van der Waals surface area contributed by atoms with Crippen LogP contribution >= 0.6 is 403 Å². The van der Waals surface area contributed by atoms with Gasteiger partial charge in [0.1, 0.15) is 110 Å². The number of nitrogens with two attached hydrogens (primary N) is 1. The Morgan fingerprint density at radius 1 is 0.508 bits per heavy atom. The molecule has 23 atom stereocenters. The molecule has 7 fully saturated rings. The molecule has 1 aromatic heterocycles. The van der Waals surface area contributed by atoms with Gasteiger partial charge in [-0.2, -0.15) is 0 Å². The van der Waals surface area contributed by atoms with E-state index in [1.165, 1.54) is 42.0 Å². The minimum atomic E-state index is -1.92. The number of hydrogen-bond donors (Lipinski definition) is 17. The second-order valence-corrected chi connectivity index (χ2v) is 593. The molecule has 0 radical (unpaired) electrons. The maximum absolute atomic E-state index is 12.0. The number of Topliss-reactive ketones (excluding diaryl/α,β-unsaturated/α-hetero) is 1. The molecule has 8 unspecified atom stereocenters. The predicted molar refractivity (Wildman–Crippen MR) is 704 cm³/mol. The summed E-state index contributed by atoms with van der Waals surface area (Å²) in [4.78, 5) is 135. The van der Waals surface area contributed by atoms with E-state index in [0.717, 1.165) is 16.7 Å². The van der Waals surface area contributed by atoms with Crippen molar-refractivity contribution >= 4 is 463 Å². The Labute approximate surface area is 993 Å². The predicted octanol–water partition coefficient (Wildman–Crippen LogP) is 2.30. The van der Waals surface area contributed by atoms with Crippen LogP contribution in [0.25, 0.3) is 0 Å². The monoisotopic (exact) mass is 5270 g/mol. The van der Waals surface area contributed by atoms with Crippen molar-refractivity contribution < 1.29 is 238 Å². The van der Waals surface area contributed by atoms with Gasteiger partial charge in [0.05, 0.1) is 51.7 Å². The second-order valence-electron chi connectivity index (χ2n) is 24.0. The number of aliphatic carboxylic acids is 1. The molecule has 7 aliphatic rings. The number of barbiturate groups is 1. The fourth-order valence-electron chi connectivity index (χ4n) is 9.37. The fraction of sp³-hybridized carbons (Fsp3) is 0.745. The minimum absolute atomic E-state index is 0. The molecule has 8 rings (SSSR count). The molecule has 8 heterocycles. The SMILES string of the molecule is CC(=O)OC1C(=O)O[C@H]2C1OC[C@@H](OC(C)=O)[C@@H]2OC(C)=O.CCC(=O)C(O)C1OC[C@@H](O)[C@H](O)[C@H]1O.CCOC(=O)CN.CN1C(=O)CC(=O)N(C)C1=O.Cn1c([O-])c(C2OC[C@@H](O)[C@H](O)[C@H]2O)c(=O)n(C)c1=O.II(I)I(I)I(I)I(I)I.I[I-]I(I)I(I)I(I)I.I[I-]I(I)I(I)I(I)I(I)I.O=C(O)C(O)C1OC[C@@H](O)[C@H](O)[C@H]1O.OC1OC[C@@H](O)[C@H](O)[C@H]1O.[Na+]. The number of hydrogen-bond acceptors (Lipinski definition) is 39. The van der Waals surface area contributed by atoms with E-state index in [1.54, 1.807) is 13.8 Å². The maximum Gasteiger partial charge on any atom is 1.00 e. The average Bonchev–Trinajstić information content (AvgIpc) is 1.16. The number of carboxylic acids is 1. The van der Waals surface area contributed by atoms with Gasteiger partial charge in [-0.05, 0) is 12.8 Å². The van der Waals surface area contributed by atoms with Gasteiger partial charge in [0.2, 0.25) is 17.9 Å². The number of rotatable bonds is 21. The summed E-state index contributed by atoms with van der Waals surface area (Å²) in [7, 11) is 1.83. The largest absolute Gasteiger partial charge is 1.00 e. The van der Waals surface area contributed by atoms with Gasteiger partial charge >= 0.3 is 507 Å². The third-order valence-corrected chi connectivity index (χ3v) is 1500. The zero-order valence-electron chi connectivity index (χ0n) is 66.9. The van der Waals surface area contributed by atoms with Crippen LogP contribution in [0.1, 0.15) is 59.1 Å². The van der Waals surface area contributed by atoms with Crippen LogP contribution in [-0.4, -0.2) is 355 Å². The number of aliphatic hydroxyl groups excluding tert-OH is 15. The van der Waals surface area contributed by atoms with Crippen molar-refractivity contribution in [2.75, 3.05) is 60.3 Å². The Balaban J connectivity index is -0.00000140. The number of aliphatic hydroxyl groups is 15. The summed E-state index contributed by atoms with van der Waals surface area (Å²) in [5.74, 6) is -6.85. The number of ether oxygens (including phenoxy) is 10. The molecule has 0 aromatic carbocycles. The first-order valence-corrected chi connectivity index (χ1v) is 203. The van der Waals surface area contributed by atoms with Crippen molar-refractivity contribution in [3.8, 4) is 5.88 Å². The van der Waals surface area contributed by atoms with E-state index >= 15 is 0 Å². The van der Waals surface area contributed by atoms with E-state index in [9.17, 15) is 98.4 Å². The van der Waals surface area contributed by atoms with Gasteiger partial charge in [0.25, 0.3) is 5.56 Å². The number of fused-ring (bicyclic) bond motifs is 1. The van der Waals surface area contributed by atoms with E-state index in [-0.39, 0.29) is 175 Å². The third-order valence-electron chi connectivity index (χ3n) is 15.5. The number of amides is 4. The number of urea groups is 1. The Kier molecular flexibility index (Phi) is 92.6. The smallest absolute Gasteiger partial charge is 0.479 e. The Bertz CT molecular complexity index is 3710. The molecule has 130 heavy (non-hydrogen) atoms. The molecule has 778 valence electrons. The van der Waals surface area contributed by atoms with Crippen molar-refractivity contribution in [1.82, 2.24) is 18.9 Å². The number of carboxylic acid groups (broad SMARTS) is 1.